The quantitative estimate of drug-likeness (QED) is 0.904. The van der Waals surface area contributed by atoms with Crippen molar-refractivity contribution in [3.8, 4) is 0 Å². The molecule has 0 aromatic heterocycles. The van der Waals surface area contributed by atoms with Gasteiger partial charge < -0.3 is 10.2 Å². The Balaban J connectivity index is 2.03. The predicted molar refractivity (Wildman–Crippen MR) is 98.4 cm³/mol. The van der Waals surface area contributed by atoms with Crippen molar-refractivity contribution in [3.63, 3.8) is 0 Å². The highest BCUT2D eigenvalue weighted by Crippen LogP contribution is 2.22. The van der Waals surface area contributed by atoms with Crippen LogP contribution in [-0.4, -0.2) is 18.4 Å². The number of hydrogen-bond donors (Lipinski definition) is 1. The molecule has 2 rings (SSSR count). The Morgan fingerprint density at radius 1 is 1.00 bits per heavy atom. The molecule has 0 aliphatic carbocycles. The van der Waals surface area contributed by atoms with Crippen LogP contribution in [0.25, 0.3) is 0 Å². The molecular weight excluding hydrogens is 300 g/mol. The van der Waals surface area contributed by atoms with Crippen molar-refractivity contribution in [2.24, 2.45) is 0 Å². The van der Waals surface area contributed by atoms with Gasteiger partial charge in [-0.25, -0.2) is 0 Å². The number of nitrogens with one attached hydrogen (secondary N) is 1. The second-order valence-electron chi connectivity index (χ2n) is 6.08. The second-order valence-corrected chi connectivity index (χ2v) is 6.08. The Hall–Kier alpha value is -2.62. The van der Waals surface area contributed by atoms with Gasteiger partial charge in [0.2, 0.25) is 11.8 Å². The van der Waals surface area contributed by atoms with Crippen molar-refractivity contribution in [1.82, 2.24) is 0 Å². The lowest BCUT2D eigenvalue weighted by Gasteiger charge is -2.21. The van der Waals surface area contributed by atoms with E-state index in [2.05, 4.69) is 17.4 Å². The third-order valence-corrected chi connectivity index (χ3v) is 3.95. The predicted octanol–water partition coefficient (Wildman–Crippen LogP) is 3.99. The van der Waals surface area contributed by atoms with Gasteiger partial charge in [0.15, 0.2) is 0 Å². The zero-order valence-corrected chi connectivity index (χ0v) is 14.7. The van der Waals surface area contributed by atoms with Crippen LogP contribution in [0.5, 0.6) is 0 Å². The standard InChI is InChI=1S/C20H24N2O2/c1-14-12-15(2)20(16(3)13-14)21-19(24)10-11-22(17(4)23)18-8-6-5-7-9-18/h5-9,12-13H,10-11H2,1-4H3,(H,21,24). The maximum atomic E-state index is 12.3. The molecule has 0 unspecified atom stereocenters. The third-order valence-electron chi connectivity index (χ3n) is 3.95. The normalized spacial score (nSPS) is 10.3. The van der Waals surface area contributed by atoms with E-state index < -0.39 is 0 Å². The van der Waals surface area contributed by atoms with Gasteiger partial charge in [-0.05, 0) is 44.0 Å². The molecule has 0 bridgehead atoms. The molecule has 0 aliphatic heterocycles. The second kappa shape index (κ2) is 7.77. The summed E-state index contributed by atoms with van der Waals surface area (Å²) in [6.07, 6.45) is 0.251. The topological polar surface area (TPSA) is 49.4 Å². The zero-order chi connectivity index (χ0) is 17.7. The molecule has 4 nitrogen and oxygen atoms in total. The Morgan fingerprint density at radius 3 is 2.12 bits per heavy atom. The molecule has 0 saturated heterocycles. The monoisotopic (exact) mass is 324 g/mol. The summed E-state index contributed by atoms with van der Waals surface area (Å²) in [5, 5.41) is 2.97. The molecule has 2 amide bonds. The van der Waals surface area contributed by atoms with Gasteiger partial charge >= 0.3 is 0 Å². The van der Waals surface area contributed by atoms with Crippen LogP contribution in [0.4, 0.5) is 11.4 Å². The first kappa shape index (κ1) is 17.7. The molecule has 126 valence electrons. The summed E-state index contributed by atoms with van der Waals surface area (Å²) in [6, 6.07) is 13.5. The fourth-order valence-corrected chi connectivity index (χ4v) is 2.87. The molecule has 2 aromatic carbocycles. The number of anilines is 2. The average Bonchev–Trinajstić information content (AvgIpc) is 2.51. The molecule has 1 N–H and O–H groups in total. The summed E-state index contributed by atoms with van der Waals surface area (Å²) in [5.41, 5.74) is 4.94. The number of rotatable bonds is 5. The van der Waals surface area contributed by atoms with Crippen LogP contribution < -0.4 is 10.2 Å². The zero-order valence-electron chi connectivity index (χ0n) is 14.7. The lowest BCUT2D eigenvalue weighted by Crippen LogP contribution is -2.32. The van der Waals surface area contributed by atoms with E-state index in [0.29, 0.717) is 6.54 Å². The number of hydrogen-bond acceptors (Lipinski definition) is 2. The van der Waals surface area contributed by atoms with Crippen molar-refractivity contribution in [3.05, 3.63) is 59.2 Å². The smallest absolute Gasteiger partial charge is 0.226 e. The first-order valence-corrected chi connectivity index (χ1v) is 8.09. The largest absolute Gasteiger partial charge is 0.326 e. The van der Waals surface area contributed by atoms with Crippen LogP contribution in [0.3, 0.4) is 0 Å². The van der Waals surface area contributed by atoms with E-state index in [1.54, 1.807) is 4.90 Å². The number of para-hydroxylation sites is 1. The lowest BCUT2D eigenvalue weighted by atomic mass is 10.0. The maximum Gasteiger partial charge on any atom is 0.226 e. The van der Waals surface area contributed by atoms with Crippen LogP contribution in [0.1, 0.15) is 30.0 Å². The molecule has 24 heavy (non-hydrogen) atoms. The van der Waals surface area contributed by atoms with Gasteiger partial charge in [-0.2, -0.15) is 0 Å². The first-order chi connectivity index (χ1) is 11.4. The van der Waals surface area contributed by atoms with E-state index in [1.165, 1.54) is 12.5 Å². The van der Waals surface area contributed by atoms with Gasteiger partial charge in [-0.1, -0.05) is 35.9 Å². The average molecular weight is 324 g/mol. The summed E-state index contributed by atoms with van der Waals surface area (Å²) in [7, 11) is 0. The SMILES string of the molecule is CC(=O)N(CCC(=O)Nc1c(C)cc(C)cc1C)c1ccccc1. The van der Waals surface area contributed by atoms with Gasteiger partial charge in [0, 0.05) is 31.3 Å². The van der Waals surface area contributed by atoms with E-state index in [0.717, 1.165) is 22.5 Å². The summed E-state index contributed by atoms with van der Waals surface area (Å²) in [6.45, 7) is 7.88. The highest BCUT2D eigenvalue weighted by Gasteiger charge is 2.14. The molecule has 4 heteroatoms. The van der Waals surface area contributed by atoms with E-state index in [-0.39, 0.29) is 18.2 Å². The molecule has 0 fully saturated rings. The van der Waals surface area contributed by atoms with Crippen molar-refractivity contribution < 1.29 is 9.59 Å². The Morgan fingerprint density at radius 2 is 1.58 bits per heavy atom. The van der Waals surface area contributed by atoms with Crippen LogP contribution in [0, 0.1) is 20.8 Å². The number of benzene rings is 2. The van der Waals surface area contributed by atoms with E-state index >= 15 is 0 Å². The summed E-state index contributed by atoms with van der Waals surface area (Å²) >= 11 is 0. The molecular formula is C20H24N2O2. The maximum absolute atomic E-state index is 12.3. The van der Waals surface area contributed by atoms with Gasteiger partial charge in [0.25, 0.3) is 0 Å². The number of aryl methyl sites for hydroxylation is 3. The van der Waals surface area contributed by atoms with Gasteiger partial charge in [0.1, 0.15) is 0 Å². The van der Waals surface area contributed by atoms with Crippen LogP contribution in [-0.2, 0) is 9.59 Å². The van der Waals surface area contributed by atoms with Crippen LogP contribution >= 0.6 is 0 Å². The minimum absolute atomic E-state index is 0.0725. The fourth-order valence-electron chi connectivity index (χ4n) is 2.87. The van der Waals surface area contributed by atoms with E-state index in [1.807, 2.05) is 51.1 Å². The molecule has 0 radical (unpaired) electrons. The van der Waals surface area contributed by atoms with Crippen molar-refractivity contribution in [2.75, 3.05) is 16.8 Å². The molecule has 0 heterocycles. The minimum atomic E-state index is -0.0905. The number of amides is 2. The molecule has 2 aromatic rings. The Kier molecular flexibility index (Phi) is 5.74. The molecule has 0 spiro atoms. The van der Waals surface area contributed by atoms with Gasteiger partial charge in [-0.3, -0.25) is 9.59 Å². The van der Waals surface area contributed by atoms with Crippen molar-refractivity contribution in [2.45, 2.75) is 34.1 Å². The minimum Gasteiger partial charge on any atom is -0.326 e. The van der Waals surface area contributed by atoms with Gasteiger partial charge in [0.05, 0.1) is 0 Å². The van der Waals surface area contributed by atoms with Gasteiger partial charge in [-0.15, -0.1) is 0 Å². The summed E-state index contributed by atoms with van der Waals surface area (Å²) in [4.78, 5) is 25.8. The highest BCUT2D eigenvalue weighted by atomic mass is 16.2. The van der Waals surface area contributed by atoms with Crippen LogP contribution in [0.2, 0.25) is 0 Å². The third kappa shape index (κ3) is 4.44. The Labute approximate surface area is 143 Å². The van der Waals surface area contributed by atoms with E-state index in [4.69, 9.17) is 0 Å². The first-order valence-electron chi connectivity index (χ1n) is 8.09. The summed E-state index contributed by atoms with van der Waals surface area (Å²) < 4.78 is 0. The number of nitrogens with zero attached hydrogens (tertiary/aromatic N) is 1. The molecule has 0 atom stereocenters. The lowest BCUT2D eigenvalue weighted by molar-refractivity contribution is -0.117. The van der Waals surface area contributed by atoms with Crippen molar-refractivity contribution >= 4 is 23.2 Å². The molecule has 0 aliphatic rings. The van der Waals surface area contributed by atoms with E-state index in [9.17, 15) is 9.59 Å². The number of carbonyl (C=O) groups excluding carboxylic acids is 2. The highest BCUT2D eigenvalue weighted by molar-refractivity contribution is 5.95. The summed E-state index contributed by atoms with van der Waals surface area (Å²) in [5.74, 6) is -0.163. The van der Waals surface area contributed by atoms with Crippen LogP contribution in [0.15, 0.2) is 42.5 Å². The molecule has 0 saturated carbocycles. The number of carbonyl (C=O) groups is 2. The van der Waals surface area contributed by atoms with Crippen molar-refractivity contribution in [1.29, 1.82) is 0 Å². The Bertz CT molecular complexity index is 716. The fraction of sp³-hybridized carbons (Fsp3) is 0.300.